The van der Waals surface area contributed by atoms with Crippen LogP contribution in [0, 0.1) is 0 Å². The van der Waals surface area contributed by atoms with E-state index in [4.69, 9.17) is 9.97 Å². The average Bonchev–Trinajstić information content (AvgIpc) is 3.09. The van der Waals surface area contributed by atoms with Crippen LogP contribution in [0.2, 0.25) is 0 Å². The fourth-order valence-electron chi connectivity index (χ4n) is 4.80. The molecule has 0 unspecified atom stereocenters. The predicted molar refractivity (Wildman–Crippen MR) is 144 cm³/mol. The summed E-state index contributed by atoms with van der Waals surface area (Å²) in [7, 11) is 0. The molecule has 0 atom stereocenters. The lowest BCUT2D eigenvalue weighted by molar-refractivity contribution is 0.567. The number of hydrogen-bond acceptors (Lipinski definition) is 4. The van der Waals surface area contributed by atoms with E-state index < -0.39 is 0 Å². The number of nitrogens with one attached hydrogen (secondary N) is 1. The maximum absolute atomic E-state index is 5.12. The van der Waals surface area contributed by atoms with Gasteiger partial charge in [-0.1, -0.05) is 77.9 Å². The molecular formula is C30H34N4. The van der Waals surface area contributed by atoms with Crippen molar-refractivity contribution in [2.75, 3.05) is 16.8 Å². The maximum Gasteiger partial charge on any atom is 0.177 e. The normalized spacial score (nSPS) is 14.8. The zero-order valence-corrected chi connectivity index (χ0v) is 21.1. The van der Waals surface area contributed by atoms with Crippen molar-refractivity contribution in [1.82, 2.24) is 9.97 Å². The Labute approximate surface area is 203 Å². The van der Waals surface area contributed by atoms with Crippen LogP contribution in [0.4, 0.5) is 23.0 Å². The van der Waals surface area contributed by atoms with Gasteiger partial charge in [-0.15, -0.1) is 0 Å². The van der Waals surface area contributed by atoms with E-state index in [1.807, 2.05) is 24.3 Å². The van der Waals surface area contributed by atoms with E-state index in [0.717, 1.165) is 34.9 Å². The van der Waals surface area contributed by atoms with Gasteiger partial charge in [0, 0.05) is 23.3 Å². The van der Waals surface area contributed by atoms with Crippen LogP contribution in [0.1, 0.15) is 70.1 Å². The molecule has 0 bridgehead atoms. The highest BCUT2D eigenvalue weighted by Crippen LogP contribution is 2.46. The lowest BCUT2D eigenvalue weighted by Gasteiger charge is -2.24. The molecule has 4 heteroatoms. The van der Waals surface area contributed by atoms with Gasteiger partial charge < -0.3 is 10.2 Å². The molecule has 2 heterocycles. The number of aromatic nitrogens is 2. The predicted octanol–water partition coefficient (Wildman–Crippen LogP) is 8.05. The van der Waals surface area contributed by atoms with Crippen LogP contribution in [0.25, 0.3) is 11.0 Å². The molecule has 1 N–H and O–H groups in total. The van der Waals surface area contributed by atoms with E-state index in [1.54, 1.807) is 0 Å². The first kappa shape index (κ1) is 22.4. The highest BCUT2D eigenvalue weighted by Gasteiger charge is 2.38. The van der Waals surface area contributed by atoms with Gasteiger partial charge in [-0.25, -0.2) is 9.97 Å². The molecule has 4 aromatic rings. The SMILES string of the molecule is CC(C)c1ccc(Nc2nc3ccccc3nc2N2CC(C)(C)c3cc(C(C)C)ccc32)cc1. The Hall–Kier alpha value is -3.40. The highest BCUT2D eigenvalue weighted by atomic mass is 15.3. The van der Waals surface area contributed by atoms with Crippen molar-refractivity contribution in [2.45, 2.75) is 58.8 Å². The minimum atomic E-state index is 0.0176. The molecule has 0 aliphatic carbocycles. The molecule has 0 saturated carbocycles. The van der Waals surface area contributed by atoms with Crippen LogP contribution in [0.15, 0.2) is 66.7 Å². The van der Waals surface area contributed by atoms with E-state index in [9.17, 15) is 0 Å². The fourth-order valence-corrected chi connectivity index (χ4v) is 4.80. The van der Waals surface area contributed by atoms with Gasteiger partial charge in [-0.05, 0) is 58.9 Å². The second kappa shape index (κ2) is 8.43. The Morgan fingerprint density at radius 2 is 1.41 bits per heavy atom. The lowest BCUT2D eigenvalue weighted by atomic mass is 9.85. The van der Waals surface area contributed by atoms with E-state index in [-0.39, 0.29) is 5.41 Å². The van der Waals surface area contributed by atoms with E-state index in [1.165, 1.54) is 22.4 Å². The van der Waals surface area contributed by atoms with E-state index in [2.05, 4.69) is 94.2 Å². The largest absolute Gasteiger partial charge is 0.337 e. The number of nitrogens with zero attached hydrogens (tertiary/aromatic N) is 3. The molecular weight excluding hydrogens is 416 g/mol. The zero-order valence-electron chi connectivity index (χ0n) is 21.1. The summed E-state index contributed by atoms with van der Waals surface area (Å²) < 4.78 is 0. The second-order valence-corrected chi connectivity index (χ2v) is 10.7. The summed E-state index contributed by atoms with van der Waals surface area (Å²) in [4.78, 5) is 12.5. The van der Waals surface area contributed by atoms with Gasteiger partial charge in [0.25, 0.3) is 0 Å². The molecule has 0 radical (unpaired) electrons. The van der Waals surface area contributed by atoms with Gasteiger partial charge in [0.1, 0.15) is 0 Å². The van der Waals surface area contributed by atoms with Crippen molar-refractivity contribution in [3.05, 3.63) is 83.4 Å². The topological polar surface area (TPSA) is 41.1 Å². The lowest BCUT2D eigenvalue weighted by Crippen LogP contribution is -2.26. The summed E-state index contributed by atoms with van der Waals surface area (Å²) in [6.07, 6.45) is 0. The zero-order chi connectivity index (χ0) is 24.0. The fraction of sp³-hybridized carbons (Fsp3) is 0.333. The number of anilines is 4. The van der Waals surface area contributed by atoms with E-state index >= 15 is 0 Å². The third-order valence-electron chi connectivity index (χ3n) is 6.91. The number of rotatable bonds is 5. The van der Waals surface area contributed by atoms with Crippen LogP contribution in [0.3, 0.4) is 0 Å². The van der Waals surface area contributed by atoms with Crippen LogP contribution >= 0.6 is 0 Å². The van der Waals surface area contributed by atoms with Crippen molar-refractivity contribution in [3.63, 3.8) is 0 Å². The second-order valence-electron chi connectivity index (χ2n) is 10.7. The van der Waals surface area contributed by atoms with Crippen LogP contribution < -0.4 is 10.2 Å². The van der Waals surface area contributed by atoms with Crippen LogP contribution in [-0.4, -0.2) is 16.5 Å². The molecule has 4 nitrogen and oxygen atoms in total. The monoisotopic (exact) mass is 450 g/mol. The summed E-state index contributed by atoms with van der Waals surface area (Å²) in [5, 5.41) is 3.58. The molecule has 0 spiro atoms. The third-order valence-corrected chi connectivity index (χ3v) is 6.91. The van der Waals surface area contributed by atoms with Crippen molar-refractivity contribution < 1.29 is 0 Å². The highest BCUT2D eigenvalue weighted by molar-refractivity contribution is 5.86. The quantitative estimate of drug-likeness (QED) is 0.334. The Morgan fingerprint density at radius 1 is 0.794 bits per heavy atom. The average molecular weight is 451 g/mol. The Kier molecular flexibility index (Phi) is 5.55. The number of para-hydroxylation sites is 2. The first-order chi connectivity index (χ1) is 16.2. The Bertz CT molecular complexity index is 1340. The van der Waals surface area contributed by atoms with Gasteiger partial charge >= 0.3 is 0 Å². The van der Waals surface area contributed by atoms with Crippen molar-refractivity contribution in [1.29, 1.82) is 0 Å². The minimum Gasteiger partial charge on any atom is -0.337 e. The van der Waals surface area contributed by atoms with Crippen LogP contribution in [-0.2, 0) is 5.41 Å². The number of fused-ring (bicyclic) bond motifs is 2. The van der Waals surface area contributed by atoms with E-state index in [0.29, 0.717) is 11.8 Å². The molecule has 1 aliphatic rings. The maximum atomic E-state index is 5.12. The standard InChI is InChI=1S/C30H34N4/c1-19(2)21-11-14-23(15-12-21)31-28-29(33-26-10-8-7-9-25(26)32-28)34-18-30(5,6)24-17-22(20(3)4)13-16-27(24)34/h7-17,19-20H,18H2,1-6H3,(H,31,32). The molecule has 5 rings (SSSR count). The molecule has 3 aromatic carbocycles. The summed E-state index contributed by atoms with van der Waals surface area (Å²) in [6.45, 7) is 14.4. The molecule has 0 amide bonds. The van der Waals surface area contributed by atoms with Gasteiger partial charge in [0.15, 0.2) is 11.6 Å². The summed E-state index contributed by atoms with van der Waals surface area (Å²) in [5.74, 6) is 2.66. The third kappa shape index (κ3) is 4.02. The van der Waals surface area contributed by atoms with Gasteiger partial charge in [-0.3, -0.25) is 0 Å². The Balaban J connectivity index is 1.62. The minimum absolute atomic E-state index is 0.0176. The molecule has 34 heavy (non-hydrogen) atoms. The summed E-state index contributed by atoms with van der Waals surface area (Å²) >= 11 is 0. The van der Waals surface area contributed by atoms with Gasteiger partial charge in [0.2, 0.25) is 0 Å². The number of benzene rings is 3. The van der Waals surface area contributed by atoms with Gasteiger partial charge in [-0.2, -0.15) is 0 Å². The smallest absolute Gasteiger partial charge is 0.177 e. The summed E-state index contributed by atoms with van der Waals surface area (Å²) in [5.41, 5.74) is 8.13. The first-order valence-corrected chi connectivity index (χ1v) is 12.3. The van der Waals surface area contributed by atoms with Gasteiger partial charge in [0.05, 0.1) is 11.0 Å². The Morgan fingerprint density at radius 3 is 2.06 bits per heavy atom. The molecule has 1 aromatic heterocycles. The number of hydrogen-bond donors (Lipinski definition) is 1. The molecule has 0 saturated heterocycles. The van der Waals surface area contributed by atoms with Crippen LogP contribution in [0.5, 0.6) is 0 Å². The molecule has 1 aliphatic heterocycles. The molecule has 0 fully saturated rings. The first-order valence-electron chi connectivity index (χ1n) is 12.3. The summed E-state index contributed by atoms with van der Waals surface area (Å²) in [6, 6.07) is 23.6. The molecule has 174 valence electrons. The van der Waals surface area contributed by atoms with Crippen molar-refractivity contribution in [2.24, 2.45) is 0 Å². The van der Waals surface area contributed by atoms with Crippen molar-refractivity contribution in [3.8, 4) is 0 Å². The van der Waals surface area contributed by atoms with Crippen molar-refractivity contribution >= 4 is 34.0 Å².